The third-order valence-electron chi connectivity index (χ3n) is 4.03. The molecule has 5 heteroatoms. The molecular weight excluding hydrogens is 304 g/mol. The summed E-state index contributed by atoms with van der Waals surface area (Å²) in [7, 11) is 0. The number of benzene rings is 2. The largest absolute Gasteiger partial charge is 0.491 e. The van der Waals surface area contributed by atoms with Crippen LogP contribution in [0.15, 0.2) is 54.6 Å². The Morgan fingerprint density at radius 2 is 1.92 bits per heavy atom. The lowest BCUT2D eigenvalue weighted by Gasteiger charge is -2.26. The third kappa shape index (κ3) is 4.49. The molecule has 24 heavy (non-hydrogen) atoms. The van der Waals surface area contributed by atoms with Gasteiger partial charge in [0.2, 0.25) is 0 Å². The van der Waals surface area contributed by atoms with Crippen molar-refractivity contribution in [3.8, 4) is 5.75 Å². The SMILES string of the molecule is O=C(NCC(O)Cc1ccccc1)NC1COc2ccccc2C1. The highest BCUT2D eigenvalue weighted by Crippen LogP contribution is 2.23. The highest BCUT2D eigenvalue weighted by Gasteiger charge is 2.21. The van der Waals surface area contributed by atoms with Crippen molar-refractivity contribution in [1.29, 1.82) is 0 Å². The van der Waals surface area contributed by atoms with Crippen molar-refractivity contribution in [2.24, 2.45) is 0 Å². The maximum atomic E-state index is 12.0. The van der Waals surface area contributed by atoms with Crippen LogP contribution in [0, 0.1) is 0 Å². The molecule has 3 rings (SSSR count). The summed E-state index contributed by atoms with van der Waals surface area (Å²) in [5.41, 5.74) is 2.14. The molecule has 0 spiro atoms. The van der Waals surface area contributed by atoms with Crippen LogP contribution < -0.4 is 15.4 Å². The van der Waals surface area contributed by atoms with Crippen LogP contribution >= 0.6 is 0 Å². The first kappa shape index (κ1) is 16.3. The van der Waals surface area contributed by atoms with Crippen LogP contribution in [0.4, 0.5) is 4.79 Å². The van der Waals surface area contributed by atoms with Crippen molar-refractivity contribution in [2.75, 3.05) is 13.2 Å². The number of aliphatic hydroxyl groups is 1. The monoisotopic (exact) mass is 326 g/mol. The van der Waals surface area contributed by atoms with Gasteiger partial charge in [-0.3, -0.25) is 0 Å². The lowest BCUT2D eigenvalue weighted by atomic mass is 10.0. The zero-order valence-corrected chi connectivity index (χ0v) is 13.4. The second kappa shape index (κ2) is 7.84. The Morgan fingerprint density at radius 3 is 2.75 bits per heavy atom. The fraction of sp³-hybridized carbons (Fsp3) is 0.316. The fourth-order valence-corrected chi connectivity index (χ4v) is 2.83. The van der Waals surface area contributed by atoms with Gasteiger partial charge in [0.25, 0.3) is 0 Å². The molecule has 0 aromatic heterocycles. The van der Waals surface area contributed by atoms with Gasteiger partial charge in [-0.25, -0.2) is 4.79 Å². The lowest BCUT2D eigenvalue weighted by Crippen LogP contribution is -2.48. The van der Waals surface area contributed by atoms with E-state index in [1.165, 1.54) is 0 Å². The van der Waals surface area contributed by atoms with Crippen LogP contribution in [0.25, 0.3) is 0 Å². The summed E-state index contributed by atoms with van der Waals surface area (Å²) in [6.45, 7) is 0.669. The van der Waals surface area contributed by atoms with Crippen LogP contribution in [0.3, 0.4) is 0 Å². The lowest BCUT2D eigenvalue weighted by molar-refractivity contribution is 0.168. The molecule has 0 saturated heterocycles. The summed E-state index contributed by atoms with van der Waals surface area (Å²) in [6, 6.07) is 17.2. The fourth-order valence-electron chi connectivity index (χ4n) is 2.83. The number of rotatable bonds is 5. The Hall–Kier alpha value is -2.53. The van der Waals surface area contributed by atoms with Crippen LogP contribution in [-0.2, 0) is 12.8 Å². The Morgan fingerprint density at radius 1 is 1.17 bits per heavy atom. The minimum absolute atomic E-state index is 0.0637. The zero-order chi connectivity index (χ0) is 16.8. The van der Waals surface area contributed by atoms with E-state index in [2.05, 4.69) is 10.6 Å². The Balaban J connectivity index is 1.41. The number of ether oxygens (including phenoxy) is 1. The molecule has 2 aromatic rings. The van der Waals surface area contributed by atoms with E-state index >= 15 is 0 Å². The highest BCUT2D eigenvalue weighted by molar-refractivity contribution is 5.74. The molecule has 1 heterocycles. The van der Waals surface area contributed by atoms with Gasteiger partial charge in [0.1, 0.15) is 12.4 Å². The minimum Gasteiger partial charge on any atom is -0.491 e. The molecule has 2 aromatic carbocycles. The molecule has 2 unspecified atom stereocenters. The van der Waals surface area contributed by atoms with Crippen molar-refractivity contribution >= 4 is 6.03 Å². The summed E-state index contributed by atoms with van der Waals surface area (Å²) in [5, 5.41) is 15.6. The molecule has 0 radical (unpaired) electrons. The van der Waals surface area contributed by atoms with Crippen molar-refractivity contribution < 1.29 is 14.6 Å². The Labute approximate surface area is 141 Å². The Kier molecular flexibility index (Phi) is 5.33. The summed E-state index contributed by atoms with van der Waals surface area (Å²) in [5.74, 6) is 0.884. The molecule has 126 valence electrons. The highest BCUT2D eigenvalue weighted by atomic mass is 16.5. The van der Waals surface area contributed by atoms with Gasteiger partial charge in [-0.1, -0.05) is 48.5 Å². The summed E-state index contributed by atoms with van der Waals surface area (Å²) < 4.78 is 5.65. The number of fused-ring (bicyclic) bond motifs is 1. The maximum Gasteiger partial charge on any atom is 0.315 e. The van der Waals surface area contributed by atoms with E-state index in [9.17, 15) is 9.90 Å². The van der Waals surface area contributed by atoms with Gasteiger partial charge in [0.05, 0.1) is 12.1 Å². The standard InChI is InChI=1S/C19H22N2O3/c22-17(10-14-6-2-1-3-7-14)12-20-19(23)21-16-11-15-8-4-5-9-18(15)24-13-16/h1-9,16-17,22H,10-13H2,(H2,20,21,23). The van der Waals surface area contributed by atoms with E-state index in [1.54, 1.807) is 0 Å². The molecule has 0 fully saturated rings. The van der Waals surface area contributed by atoms with Crippen LogP contribution in [0.5, 0.6) is 5.75 Å². The summed E-state index contributed by atoms with van der Waals surface area (Å²) in [4.78, 5) is 12.0. The predicted molar refractivity (Wildman–Crippen MR) is 92.1 cm³/mol. The number of carbonyl (C=O) groups is 1. The van der Waals surface area contributed by atoms with Gasteiger partial charge in [-0.15, -0.1) is 0 Å². The second-order valence-corrected chi connectivity index (χ2v) is 6.02. The molecule has 1 aliphatic heterocycles. The number of aliphatic hydroxyl groups excluding tert-OH is 1. The average molecular weight is 326 g/mol. The number of nitrogens with one attached hydrogen (secondary N) is 2. The second-order valence-electron chi connectivity index (χ2n) is 6.02. The van der Waals surface area contributed by atoms with Crippen molar-refractivity contribution in [2.45, 2.75) is 25.0 Å². The number of para-hydroxylation sites is 1. The van der Waals surface area contributed by atoms with E-state index in [-0.39, 0.29) is 18.6 Å². The van der Waals surface area contributed by atoms with Crippen molar-refractivity contribution in [1.82, 2.24) is 10.6 Å². The molecule has 0 aliphatic carbocycles. The van der Waals surface area contributed by atoms with Crippen LogP contribution in [0.1, 0.15) is 11.1 Å². The maximum absolute atomic E-state index is 12.0. The van der Waals surface area contributed by atoms with E-state index in [0.717, 1.165) is 23.3 Å². The van der Waals surface area contributed by atoms with Gasteiger partial charge in [-0.2, -0.15) is 0 Å². The van der Waals surface area contributed by atoms with Gasteiger partial charge >= 0.3 is 6.03 Å². The third-order valence-corrected chi connectivity index (χ3v) is 4.03. The topological polar surface area (TPSA) is 70.6 Å². The Bertz CT molecular complexity index is 675. The number of hydrogen-bond donors (Lipinski definition) is 3. The van der Waals surface area contributed by atoms with Gasteiger partial charge in [-0.05, 0) is 23.6 Å². The molecular formula is C19H22N2O3. The number of hydrogen-bond acceptors (Lipinski definition) is 3. The van der Waals surface area contributed by atoms with Crippen LogP contribution in [0.2, 0.25) is 0 Å². The van der Waals surface area contributed by atoms with Crippen LogP contribution in [-0.4, -0.2) is 36.4 Å². The normalized spacial score (nSPS) is 17.3. The average Bonchev–Trinajstić information content (AvgIpc) is 2.61. The summed E-state index contributed by atoms with van der Waals surface area (Å²) in [6.07, 6.45) is 0.651. The molecule has 0 bridgehead atoms. The molecule has 2 amide bonds. The van der Waals surface area contributed by atoms with E-state index in [1.807, 2.05) is 54.6 Å². The summed E-state index contributed by atoms with van der Waals surface area (Å²) >= 11 is 0. The first-order valence-electron chi connectivity index (χ1n) is 8.18. The molecule has 1 aliphatic rings. The van der Waals surface area contributed by atoms with Crippen molar-refractivity contribution in [3.05, 3.63) is 65.7 Å². The van der Waals surface area contributed by atoms with E-state index in [4.69, 9.17) is 4.74 Å². The van der Waals surface area contributed by atoms with Gasteiger partial charge in [0, 0.05) is 13.0 Å². The van der Waals surface area contributed by atoms with Crippen molar-refractivity contribution in [3.63, 3.8) is 0 Å². The minimum atomic E-state index is -0.610. The molecule has 3 N–H and O–H groups in total. The van der Waals surface area contributed by atoms with E-state index < -0.39 is 6.10 Å². The van der Waals surface area contributed by atoms with E-state index in [0.29, 0.717) is 13.0 Å². The number of urea groups is 1. The number of amides is 2. The quantitative estimate of drug-likeness (QED) is 0.786. The smallest absolute Gasteiger partial charge is 0.315 e. The molecule has 0 saturated carbocycles. The predicted octanol–water partition coefficient (Wildman–Crippen LogP) is 1.89. The molecule has 2 atom stereocenters. The first-order valence-corrected chi connectivity index (χ1v) is 8.18. The zero-order valence-electron chi connectivity index (χ0n) is 13.4. The first-order chi connectivity index (χ1) is 11.7. The van der Waals surface area contributed by atoms with Gasteiger partial charge < -0.3 is 20.5 Å². The molecule has 5 nitrogen and oxygen atoms in total. The van der Waals surface area contributed by atoms with Gasteiger partial charge in [0.15, 0.2) is 0 Å². The number of carbonyl (C=O) groups excluding carboxylic acids is 1.